The van der Waals surface area contributed by atoms with Gasteiger partial charge in [-0.05, 0) is 30.7 Å². The number of nitrogens with one attached hydrogen (secondary N) is 1. The Morgan fingerprint density at radius 2 is 1.96 bits per heavy atom. The smallest absolute Gasteiger partial charge is 0.412 e. The van der Waals surface area contributed by atoms with Crippen molar-refractivity contribution in [2.45, 2.75) is 6.42 Å². The van der Waals surface area contributed by atoms with Gasteiger partial charge >= 0.3 is 18.1 Å². The van der Waals surface area contributed by atoms with Crippen LogP contribution in [0.15, 0.2) is 34.9 Å². The fourth-order valence-corrected chi connectivity index (χ4v) is 1.74. The predicted molar refractivity (Wildman–Crippen MR) is 79.8 cm³/mol. The Bertz CT molecular complexity index is 668. The number of rotatable bonds is 7. The van der Waals surface area contributed by atoms with Crippen molar-refractivity contribution in [2.75, 3.05) is 13.2 Å². The molecule has 1 aromatic carbocycles. The normalized spacial score (nSPS) is 10.1. The quantitative estimate of drug-likeness (QED) is 0.655. The van der Waals surface area contributed by atoms with Crippen molar-refractivity contribution in [2.24, 2.45) is 11.5 Å². The van der Waals surface area contributed by atoms with Gasteiger partial charge in [0, 0.05) is 12.1 Å². The van der Waals surface area contributed by atoms with E-state index in [2.05, 4.69) is 15.2 Å². The maximum absolute atomic E-state index is 10.6. The molecule has 1 heterocycles. The van der Waals surface area contributed by atoms with Crippen LogP contribution >= 0.6 is 0 Å². The maximum atomic E-state index is 10.6. The summed E-state index contributed by atoms with van der Waals surface area (Å²) in [5, 5.41) is 6.25. The van der Waals surface area contributed by atoms with E-state index < -0.39 is 12.1 Å². The van der Waals surface area contributed by atoms with Gasteiger partial charge in [0.15, 0.2) is 0 Å². The van der Waals surface area contributed by atoms with Gasteiger partial charge in [0.1, 0.15) is 11.4 Å². The maximum Gasteiger partial charge on any atom is 0.412 e. The molecule has 0 saturated carbocycles. The van der Waals surface area contributed by atoms with Crippen molar-refractivity contribution in [3.63, 3.8) is 0 Å². The van der Waals surface area contributed by atoms with Crippen LogP contribution < -0.4 is 26.3 Å². The average molecular weight is 320 g/mol. The van der Waals surface area contributed by atoms with Crippen LogP contribution in [0.3, 0.4) is 0 Å². The first kappa shape index (κ1) is 16.1. The first-order chi connectivity index (χ1) is 11.0. The molecule has 2 aromatic rings. The van der Waals surface area contributed by atoms with Crippen molar-refractivity contribution >= 4 is 12.1 Å². The Balaban J connectivity index is 1.85. The number of carbonyl (C=O) groups excluding carboxylic acids is 2. The molecule has 0 aliphatic rings. The summed E-state index contributed by atoms with van der Waals surface area (Å²) < 4.78 is 14.9. The number of benzene rings is 1. The zero-order valence-corrected chi connectivity index (χ0v) is 12.2. The third-order valence-electron chi connectivity index (χ3n) is 2.73. The number of urea groups is 1. The van der Waals surface area contributed by atoms with Gasteiger partial charge in [-0.15, -0.1) is 0 Å². The lowest BCUT2D eigenvalue weighted by Gasteiger charge is -2.06. The molecule has 0 fully saturated rings. The summed E-state index contributed by atoms with van der Waals surface area (Å²) in [6.45, 7) is 0.898. The fourth-order valence-electron chi connectivity index (χ4n) is 1.74. The van der Waals surface area contributed by atoms with Crippen molar-refractivity contribution < 1.29 is 23.6 Å². The van der Waals surface area contributed by atoms with Gasteiger partial charge in [0.05, 0.1) is 12.7 Å². The molecule has 5 N–H and O–H groups in total. The Hall–Kier alpha value is -3.23. The highest BCUT2D eigenvalue weighted by molar-refractivity contribution is 5.71. The van der Waals surface area contributed by atoms with Gasteiger partial charge in [-0.1, -0.05) is 5.16 Å². The van der Waals surface area contributed by atoms with Crippen molar-refractivity contribution in [1.82, 2.24) is 10.5 Å². The molecule has 3 amide bonds. The van der Waals surface area contributed by atoms with Crippen LogP contribution in [0, 0.1) is 0 Å². The molecule has 0 bridgehead atoms. The van der Waals surface area contributed by atoms with Gasteiger partial charge in [-0.25, -0.2) is 9.59 Å². The highest BCUT2D eigenvalue weighted by Crippen LogP contribution is 2.25. The summed E-state index contributed by atoms with van der Waals surface area (Å²) in [4.78, 5) is 21.1. The summed E-state index contributed by atoms with van der Waals surface area (Å²) in [5.41, 5.74) is 11.1. The second-order valence-electron chi connectivity index (χ2n) is 4.47. The summed E-state index contributed by atoms with van der Waals surface area (Å²) in [6.07, 6.45) is -0.329. The lowest BCUT2D eigenvalue weighted by Crippen LogP contribution is -2.30. The number of amides is 3. The topological polar surface area (TPSA) is 143 Å². The van der Waals surface area contributed by atoms with E-state index in [9.17, 15) is 9.59 Å². The second-order valence-corrected chi connectivity index (χ2v) is 4.47. The molecule has 122 valence electrons. The lowest BCUT2D eigenvalue weighted by atomic mass is 10.1. The minimum Gasteiger partial charge on any atom is -0.494 e. The van der Waals surface area contributed by atoms with Crippen LogP contribution in [0.5, 0.6) is 11.7 Å². The monoisotopic (exact) mass is 320 g/mol. The van der Waals surface area contributed by atoms with E-state index in [-0.39, 0.29) is 5.95 Å². The molecule has 1 aromatic heterocycles. The Labute approximate surface area is 131 Å². The Morgan fingerprint density at radius 3 is 2.61 bits per heavy atom. The Morgan fingerprint density at radius 1 is 1.22 bits per heavy atom. The molecule has 0 radical (unpaired) electrons. The van der Waals surface area contributed by atoms with Crippen molar-refractivity contribution in [3.8, 4) is 23.0 Å². The van der Waals surface area contributed by atoms with E-state index in [1.54, 1.807) is 24.3 Å². The molecule has 0 aliphatic heterocycles. The molecule has 0 saturated heterocycles. The lowest BCUT2D eigenvalue weighted by molar-refractivity contribution is 0.190. The first-order valence-electron chi connectivity index (χ1n) is 6.75. The largest absolute Gasteiger partial charge is 0.494 e. The molecule has 2 rings (SSSR count). The number of nitrogens with two attached hydrogens (primary N) is 2. The number of ether oxygens (including phenoxy) is 2. The highest BCUT2D eigenvalue weighted by Gasteiger charge is 2.09. The Kier molecular flexibility index (Phi) is 5.40. The van der Waals surface area contributed by atoms with Gasteiger partial charge in [-0.2, -0.15) is 0 Å². The predicted octanol–water partition coefficient (Wildman–Crippen LogP) is 1.24. The van der Waals surface area contributed by atoms with Crippen LogP contribution in [0.1, 0.15) is 6.42 Å². The summed E-state index contributed by atoms with van der Waals surface area (Å²) in [7, 11) is 0. The molecular formula is C14H16N4O5. The number of hydrogen-bond acceptors (Lipinski definition) is 6. The molecule has 0 aliphatic carbocycles. The second kappa shape index (κ2) is 7.69. The number of hydrogen-bond donors (Lipinski definition) is 3. The van der Waals surface area contributed by atoms with Gasteiger partial charge in [-0.3, -0.25) is 0 Å². The number of carbonyl (C=O) groups is 2. The molecule has 9 nitrogen and oxygen atoms in total. The molecule has 0 atom stereocenters. The van der Waals surface area contributed by atoms with E-state index in [1.807, 2.05) is 0 Å². The standard InChI is InChI=1S/C14H16N4O5/c15-13(19)17-6-1-7-21-10-4-2-9(3-5-10)11-8-12(23-18-11)22-14(16)20/h2-5,8H,1,6-7H2,(H2,16,20)(H3,15,17,19). The summed E-state index contributed by atoms with van der Waals surface area (Å²) in [5.74, 6) is 0.597. The SMILES string of the molecule is NC(=O)NCCCOc1ccc(-c2cc(OC(N)=O)on2)cc1. The molecule has 0 spiro atoms. The van der Waals surface area contributed by atoms with Crippen molar-refractivity contribution in [3.05, 3.63) is 30.3 Å². The van der Waals surface area contributed by atoms with Crippen LogP contribution in [-0.2, 0) is 0 Å². The van der Waals surface area contributed by atoms with Gasteiger partial charge in [0.25, 0.3) is 0 Å². The molecular weight excluding hydrogens is 304 g/mol. The minimum atomic E-state index is -0.970. The zero-order valence-electron chi connectivity index (χ0n) is 12.2. The summed E-state index contributed by atoms with van der Waals surface area (Å²) >= 11 is 0. The van der Waals surface area contributed by atoms with Gasteiger partial charge < -0.3 is 30.8 Å². The third-order valence-corrected chi connectivity index (χ3v) is 2.73. The number of aromatic nitrogens is 1. The molecule has 0 unspecified atom stereocenters. The van der Waals surface area contributed by atoms with Crippen molar-refractivity contribution in [1.29, 1.82) is 0 Å². The average Bonchev–Trinajstić information content (AvgIpc) is 2.95. The molecule has 9 heteroatoms. The third kappa shape index (κ3) is 5.23. The van der Waals surface area contributed by atoms with Crippen LogP contribution in [-0.4, -0.2) is 30.4 Å². The van der Waals surface area contributed by atoms with Crippen LogP contribution in [0.25, 0.3) is 11.3 Å². The first-order valence-corrected chi connectivity index (χ1v) is 6.75. The number of nitrogens with zero attached hydrogens (tertiary/aromatic N) is 1. The van der Waals surface area contributed by atoms with Crippen LogP contribution in [0.4, 0.5) is 9.59 Å². The van der Waals surface area contributed by atoms with E-state index in [4.69, 9.17) is 20.7 Å². The number of primary amides is 2. The van der Waals surface area contributed by atoms with E-state index in [0.717, 1.165) is 5.56 Å². The molecule has 23 heavy (non-hydrogen) atoms. The van der Waals surface area contributed by atoms with Gasteiger partial charge in [0.2, 0.25) is 0 Å². The highest BCUT2D eigenvalue weighted by atomic mass is 16.7. The minimum absolute atomic E-state index is 0.0743. The van der Waals surface area contributed by atoms with E-state index in [1.165, 1.54) is 6.07 Å². The fraction of sp³-hybridized carbons (Fsp3) is 0.214. The van der Waals surface area contributed by atoms with Crippen LogP contribution in [0.2, 0.25) is 0 Å². The van der Waals surface area contributed by atoms with E-state index in [0.29, 0.717) is 31.0 Å². The summed E-state index contributed by atoms with van der Waals surface area (Å²) in [6, 6.07) is 7.99. The van der Waals surface area contributed by atoms with E-state index >= 15 is 0 Å². The zero-order chi connectivity index (χ0) is 16.7.